The van der Waals surface area contributed by atoms with Crippen LogP contribution in [0.1, 0.15) is 25.3 Å². The Kier molecular flexibility index (Phi) is 6.26. The second kappa shape index (κ2) is 8.83. The molecule has 0 spiro atoms. The highest BCUT2D eigenvalue weighted by Crippen LogP contribution is 2.29. The maximum absolute atomic E-state index is 12.1. The predicted octanol–water partition coefficient (Wildman–Crippen LogP) is 5.78. The number of fused-ring (bicyclic) bond motifs is 1. The molecule has 0 aliphatic carbocycles. The number of halogens is 1. The first-order valence-corrected chi connectivity index (χ1v) is 9.62. The average molecular weight is 387 g/mol. The van der Waals surface area contributed by atoms with Gasteiger partial charge in [0, 0.05) is 11.1 Å². The second-order valence-electron chi connectivity index (χ2n) is 5.69. The maximum atomic E-state index is 12.1. The number of benzene rings is 2. The number of unbranched alkanes of at least 4 members (excludes halogenated alkanes) is 1. The summed E-state index contributed by atoms with van der Waals surface area (Å²) in [6.45, 7) is 2.84. The highest BCUT2D eigenvalue weighted by atomic mass is 35.5. The van der Waals surface area contributed by atoms with Crippen molar-refractivity contribution in [3.63, 3.8) is 0 Å². The van der Waals surface area contributed by atoms with Crippen LogP contribution in [0, 0.1) is 0 Å². The summed E-state index contributed by atoms with van der Waals surface area (Å²) in [6, 6.07) is 13.1. The normalized spacial score (nSPS) is 11.2. The molecule has 6 heteroatoms. The van der Waals surface area contributed by atoms with Crippen LogP contribution in [0.5, 0.6) is 5.75 Å². The van der Waals surface area contributed by atoms with E-state index in [1.165, 1.54) is 17.4 Å². The topological polar surface area (TPSA) is 51.2 Å². The number of hydrogen-bond donors (Lipinski definition) is 1. The first-order chi connectivity index (χ1) is 12.7. The van der Waals surface area contributed by atoms with Gasteiger partial charge in [0.25, 0.3) is 0 Å². The predicted molar refractivity (Wildman–Crippen MR) is 109 cm³/mol. The van der Waals surface area contributed by atoms with Gasteiger partial charge < -0.3 is 4.74 Å². The van der Waals surface area contributed by atoms with Crippen molar-refractivity contribution in [1.82, 2.24) is 4.98 Å². The minimum absolute atomic E-state index is 0.247. The molecule has 0 radical (unpaired) electrons. The van der Waals surface area contributed by atoms with Gasteiger partial charge in [-0.1, -0.05) is 54.5 Å². The molecule has 0 saturated heterocycles. The van der Waals surface area contributed by atoms with Crippen LogP contribution >= 0.6 is 22.9 Å². The summed E-state index contributed by atoms with van der Waals surface area (Å²) in [7, 11) is 0. The highest BCUT2D eigenvalue weighted by molar-refractivity contribution is 7.22. The lowest BCUT2D eigenvalue weighted by Gasteiger charge is -2.04. The zero-order chi connectivity index (χ0) is 18.4. The number of aromatic nitrogens is 1. The molecule has 134 valence electrons. The van der Waals surface area contributed by atoms with Gasteiger partial charge in [-0.3, -0.25) is 10.1 Å². The van der Waals surface area contributed by atoms with Gasteiger partial charge in [-0.15, -0.1) is 0 Å². The molecular formula is C20H19ClN2O2S. The Morgan fingerprint density at radius 1 is 1.31 bits per heavy atom. The van der Waals surface area contributed by atoms with E-state index < -0.39 is 0 Å². The van der Waals surface area contributed by atoms with E-state index in [1.54, 1.807) is 12.1 Å². The van der Waals surface area contributed by atoms with Crippen LogP contribution < -0.4 is 10.1 Å². The van der Waals surface area contributed by atoms with E-state index >= 15 is 0 Å². The van der Waals surface area contributed by atoms with Crippen LogP contribution in [0.15, 0.2) is 48.5 Å². The number of nitrogens with one attached hydrogen (secondary N) is 1. The number of anilines is 1. The van der Waals surface area contributed by atoms with Crippen LogP contribution in [-0.2, 0) is 4.79 Å². The van der Waals surface area contributed by atoms with Crippen molar-refractivity contribution in [3.05, 3.63) is 59.1 Å². The molecule has 0 fully saturated rings. The van der Waals surface area contributed by atoms with Gasteiger partial charge in [0.1, 0.15) is 5.75 Å². The SMILES string of the molecule is CCCCOc1ccc2nc(NC(=O)/C=C/c3ccccc3Cl)sc2c1. The number of carbonyl (C=O) groups is 1. The Hall–Kier alpha value is -2.37. The van der Waals surface area contributed by atoms with Crippen molar-refractivity contribution in [3.8, 4) is 5.75 Å². The first-order valence-electron chi connectivity index (χ1n) is 8.42. The fraction of sp³-hybridized carbons (Fsp3) is 0.200. The molecular weight excluding hydrogens is 368 g/mol. The van der Waals surface area contributed by atoms with E-state index in [2.05, 4.69) is 17.2 Å². The Morgan fingerprint density at radius 2 is 2.15 bits per heavy atom. The lowest BCUT2D eigenvalue weighted by atomic mass is 10.2. The standard InChI is InChI=1S/C20H19ClN2O2S/c1-2-3-12-25-15-9-10-17-18(13-15)26-20(22-17)23-19(24)11-8-14-6-4-5-7-16(14)21/h4-11,13H,2-3,12H2,1H3,(H,22,23,24)/b11-8+. The van der Waals surface area contributed by atoms with Crippen LogP contribution in [0.3, 0.4) is 0 Å². The molecule has 2 aromatic carbocycles. The summed E-state index contributed by atoms with van der Waals surface area (Å²) in [6.07, 6.45) is 5.26. The van der Waals surface area contributed by atoms with Crippen molar-refractivity contribution in [1.29, 1.82) is 0 Å². The summed E-state index contributed by atoms with van der Waals surface area (Å²) < 4.78 is 6.69. The molecule has 3 rings (SSSR count). The molecule has 1 amide bonds. The van der Waals surface area contributed by atoms with Crippen molar-refractivity contribution < 1.29 is 9.53 Å². The van der Waals surface area contributed by atoms with Gasteiger partial charge in [0.05, 0.1) is 16.8 Å². The molecule has 0 atom stereocenters. The largest absolute Gasteiger partial charge is 0.494 e. The molecule has 1 aromatic heterocycles. The van der Waals surface area contributed by atoms with E-state index in [1.807, 2.05) is 36.4 Å². The summed E-state index contributed by atoms with van der Waals surface area (Å²) >= 11 is 7.50. The number of ether oxygens (including phenoxy) is 1. The number of hydrogen-bond acceptors (Lipinski definition) is 4. The molecule has 26 heavy (non-hydrogen) atoms. The minimum atomic E-state index is -0.247. The molecule has 0 aliphatic rings. The van der Waals surface area contributed by atoms with Crippen molar-refractivity contribution >= 4 is 50.3 Å². The van der Waals surface area contributed by atoms with Gasteiger partial charge in [0.15, 0.2) is 5.13 Å². The molecule has 0 saturated carbocycles. The summed E-state index contributed by atoms with van der Waals surface area (Å²) in [5.41, 5.74) is 1.63. The Labute approximate surface area is 161 Å². The fourth-order valence-corrected chi connectivity index (χ4v) is 3.40. The zero-order valence-electron chi connectivity index (χ0n) is 14.4. The third-order valence-electron chi connectivity index (χ3n) is 3.68. The number of thiazole rings is 1. The van der Waals surface area contributed by atoms with Crippen molar-refractivity contribution in [2.24, 2.45) is 0 Å². The quantitative estimate of drug-likeness (QED) is 0.413. The molecule has 4 nitrogen and oxygen atoms in total. The van der Waals surface area contributed by atoms with E-state index in [0.717, 1.165) is 34.4 Å². The number of nitrogens with zero attached hydrogens (tertiary/aromatic N) is 1. The monoisotopic (exact) mass is 386 g/mol. The molecule has 1 N–H and O–H groups in total. The lowest BCUT2D eigenvalue weighted by Crippen LogP contribution is -2.07. The molecule has 3 aromatic rings. The van der Waals surface area contributed by atoms with E-state index in [4.69, 9.17) is 16.3 Å². The van der Waals surface area contributed by atoms with Crippen LogP contribution in [0.2, 0.25) is 5.02 Å². The lowest BCUT2D eigenvalue weighted by molar-refractivity contribution is -0.111. The Balaban J connectivity index is 1.66. The Morgan fingerprint density at radius 3 is 2.96 bits per heavy atom. The van der Waals surface area contributed by atoms with Crippen LogP contribution in [0.4, 0.5) is 5.13 Å². The minimum Gasteiger partial charge on any atom is -0.494 e. The third kappa shape index (κ3) is 4.84. The van der Waals surface area contributed by atoms with Gasteiger partial charge in [-0.25, -0.2) is 4.98 Å². The summed E-state index contributed by atoms with van der Waals surface area (Å²) in [4.78, 5) is 16.6. The Bertz CT molecular complexity index is 936. The smallest absolute Gasteiger partial charge is 0.250 e. The van der Waals surface area contributed by atoms with Crippen molar-refractivity contribution in [2.45, 2.75) is 19.8 Å². The first kappa shape index (κ1) is 18.4. The second-order valence-corrected chi connectivity index (χ2v) is 7.13. The molecule has 1 heterocycles. The fourth-order valence-electron chi connectivity index (χ4n) is 2.31. The zero-order valence-corrected chi connectivity index (χ0v) is 15.9. The van der Waals surface area contributed by atoms with Gasteiger partial charge in [-0.05, 0) is 42.3 Å². The number of carbonyl (C=O) groups excluding carboxylic acids is 1. The summed E-state index contributed by atoms with van der Waals surface area (Å²) in [5, 5.41) is 3.95. The molecule has 0 aliphatic heterocycles. The van der Waals surface area contributed by atoms with E-state index in [0.29, 0.717) is 16.8 Å². The highest BCUT2D eigenvalue weighted by Gasteiger charge is 2.07. The van der Waals surface area contributed by atoms with E-state index in [-0.39, 0.29) is 5.91 Å². The summed E-state index contributed by atoms with van der Waals surface area (Å²) in [5.74, 6) is 0.578. The maximum Gasteiger partial charge on any atom is 0.250 e. The third-order valence-corrected chi connectivity index (χ3v) is 4.95. The van der Waals surface area contributed by atoms with Gasteiger partial charge in [-0.2, -0.15) is 0 Å². The average Bonchev–Trinajstić information content (AvgIpc) is 3.02. The van der Waals surface area contributed by atoms with E-state index in [9.17, 15) is 4.79 Å². The molecule has 0 bridgehead atoms. The number of rotatable bonds is 7. The van der Waals surface area contributed by atoms with Gasteiger partial charge >= 0.3 is 0 Å². The van der Waals surface area contributed by atoms with Crippen LogP contribution in [-0.4, -0.2) is 17.5 Å². The number of amides is 1. The van der Waals surface area contributed by atoms with Crippen molar-refractivity contribution in [2.75, 3.05) is 11.9 Å². The molecule has 0 unspecified atom stereocenters. The van der Waals surface area contributed by atoms with Gasteiger partial charge in [0.2, 0.25) is 5.91 Å². The van der Waals surface area contributed by atoms with Crippen LogP contribution in [0.25, 0.3) is 16.3 Å².